The van der Waals surface area contributed by atoms with Gasteiger partial charge in [0.15, 0.2) is 5.96 Å². The molecule has 0 saturated heterocycles. The Hall–Kier alpha value is -3.16. The smallest absolute Gasteiger partial charge is 0.270 e. The van der Waals surface area contributed by atoms with Gasteiger partial charge in [-0.05, 0) is 54.4 Å². The normalized spacial score (nSPS) is 12.8. The molecule has 0 aliphatic carbocycles. The molecule has 1 aliphatic rings. The number of hydrogen-bond donors (Lipinski definition) is 3. The molecule has 164 valence electrons. The molecule has 0 saturated carbocycles. The first-order valence-electron chi connectivity index (χ1n) is 10.2. The van der Waals surface area contributed by atoms with Crippen molar-refractivity contribution >= 4 is 35.1 Å². The van der Waals surface area contributed by atoms with Crippen LogP contribution < -0.4 is 16.0 Å². The van der Waals surface area contributed by atoms with Crippen molar-refractivity contribution < 1.29 is 4.79 Å². The van der Waals surface area contributed by atoms with Crippen LogP contribution >= 0.6 is 23.2 Å². The summed E-state index contributed by atoms with van der Waals surface area (Å²) in [6, 6.07) is 12.8. The summed E-state index contributed by atoms with van der Waals surface area (Å²) in [7, 11) is 0. The van der Waals surface area contributed by atoms with Crippen LogP contribution in [-0.2, 0) is 13.1 Å². The topological polar surface area (TPSA) is 91.3 Å². The summed E-state index contributed by atoms with van der Waals surface area (Å²) in [4.78, 5) is 26.1. The highest BCUT2D eigenvalue weighted by Gasteiger charge is 2.13. The Morgan fingerprint density at radius 3 is 2.69 bits per heavy atom. The largest absolute Gasteiger partial charge is 0.355 e. The van der Waals surface area contributed by atoms with Crippen LogP contribution in [0, 0.1) is 6.92 Å². The van der Waals surface area contributed by atoms with Gasteiger partial charge in [-0.3, -0.25) is 14.8 Å². The SMILES string of the molecule is Cc1cc(-c2cc(CNC3=NCCN3)cc(C(=O)NCc3ccc(Cl)c(Cl)c3)n2)ccn1. The average molecular weight is 469 g/mol. The summed E-state index contributed by atoms with van der Waals surface area (Å²) in [5.41, 5.74) is 4.57. The van der Waals surface area contributed by atoms with E-state index in [0.717, 1.165) is 41.4 Å². The Morgan fingerprint density at radius 1 is 1.06 bits per heavy atom. The molecule has 3 aromatic rings. The monoisotopic (exact) mass is 468 g/mol. The number of carbonyl (C=O) groups is 1. The van der Waals surface area contributed by atoms with Gasteiger partial charge in [-0.2, -0.15) is 0 Å². The predicted molar refractivity (Wildman–Crippen MR) is 127 cm³/mol. The summed E-state index contributed by atoms with van der Waals surface area (Å²) in [6.45, 7) is 4.32. The number of guanidine groups is 1. The minimum Gasteiger partial charge on any atom is -0.355 e. The quantitative estimate of drug-likeness (QED) is 0.512. The highest BCUT2D eigenvalue weighted by molar-refractivity contribution is 6.42. The van der Waals surface area contributed by atoms with E-state index in [2.05, 4.69) is 30.9 Å². The van der Waals surface area contributed by atoms with Gasteiger partial charge in [0.25, 0.3) is 5.91 Å². The fraction of sp³-hybridized carbons (Fsp3) is 0.217. The first-order chi connectivity index (χ1) is 15.5. The Balaban J connectivity index is 1.57. The molecule has 32 heavy (non-hydrogen) atoms. The minimum absolute atomic E-state index is 0.277. The Morgan fingerprint density at radius 2 is 1.94 bits per heavy atom. The van der Waals surface area contributed by atoms with Gasteiger partial charge in [0, 0.05) is 37.1 Å². The van der Waals surface area contributed by atoms with E-state index in [1.165, 1.54) is 0 Å². The number of pyridine rings is 2. The van der Waals surface area contributed by atoms with Crippen molar-refractivity contribution in [3.63, 3.8) is 0 Å². The zero-order chi connectivity index (χ0) is 22.5. The van der Waals surface area contributed by atoms with Crippen molar-refractivity contribution in [1.29, 1.82) is 0 Å². The van der Waals surface area contributed by atoms with Crippen molar-refractivity contribution in [2.24, 2.45) is 4.99 Å². The molecule has 0 atom stereocenters. The van der Waals surface area contributed by atoms with Gasteiger partial charge in [0.2, 0.25) is 0 Å². The molecule has 2 aromatic heterocycles. The van der Waals surface area contributed by atoms with Crippen molar-refractivity contribution in [1.82, 2.24) is 25.9 Å². The number of aromatic nitrogens is 2. The van der Waals surface area contributed by atoms with Gasteiger partial charge in [-0.25, -0.2) is 4.98 Å². The van der Waals surface area contributed by atoms with Crippen LogP contribution in [0.25, 0.3) is 11.3 Å². The van der Waals surface area contributed by atoms with E-state index in [0.29, 0.717) is 34.5 Å². The molecular weight excluding hydrogens is 447 g/mol. The number of benzene rings is 1. The molecule has 0 fully saturated rings. The lowest BCUT2D eigenvalue weighted by Gasteiger charge is -2.12. The molecule has 3 heterocycles. The summed E-state index contributed by atoms with van der Waals surface area (Å²) in [5, 5.41) is 10.3. The number of aryl methyl sites for hydroxylation is 1. The van der Waals surface area contributed by atoms with Gasteiger partial charge in [0.1, 0.15) is 5.69 Å². The molecule has 9 heteroatoms. The van der Waals surface area contributed by atoms with Crippen LogP contribution in [0.3, 0.4) is 0 Å². The lowest BCUT2D eigenvalue weighted by atomic mass is 10.1. The minimum atomic E-state index is -0.277. The number of nitrogens with one attached hydrogen (secondary N) is 3. The third-order valence-corrected chi connectivity index (χ3v) is 5.62. The fourth-order valence-electron chi connectivity index (χ4n) is 3.28. The third-order valence-electron chi connectivity index (χ3n) is 4.88. The number of hydrogen-bond acceptors (Lipinski definition) is 6. The summed E-state index contributed by atoms with van der Waals surface area (Å²) in [6.07, 6.45) is 1.73. The van der Waals surface area contributed by atoms with Crippen LogP contribution in [0.1, 0.15) is 27.3 Å². The van der Waals surface area contributed by atoms with Crippen LogP contribution in [0.4, 0.5) is 0 Å². The van der Waals surface area contributed by atoms with Crippen LogP contribution in [0.2, 0.25) is 10.0 Å². The number of amides is 1. The Labute approximate surface area is 196 Å². The zero-order valence-corrected chi connectivity index (χ0v) is 19.0. The van der Waals surface area contributed by atoms with Crippen molar-refractivity contribution in [2.75, 3.05) is 13.1 Å². The third kappa shape index (κ3) is 5.55. The van der Waals surface area contributed by atoms with Crippen LogP contribution in [-0.4, -0.2) is 34.9 Å². The molecule has 0 unspecified atom stereocenters. The van der Waals surface area contributed by atoms with E-state index in [9.17, 15) is 4.79 Å². The number of rotatable bonds is 6. The van der Waals surface area contributed by atoms with E-state index >= 15 is 0 Å². The second-order valence-electron chi connectivity index (χ2n) is 7.37. The maximum atomic E-state index is 12.9. The van der Waals surface area contributed by atoms with Gasteiger partial charge < -0.3 is 16.0 Å². The second kappa shape index (κ2) is 9.97. The van der Waals surface area contributed by atoms with Gasteiger partial charge in [-0.1, -0.05) is 29.3 Å². The van der Waals surface area contributed by atoms with Crippen LogP contribution in [0.5, 0.6) is 0 Å². The van der Waals surface area contributed by atoms with Crippen LogP contribution in [0.15, 0.2) is 53.7 Å². The van der Waals surface area contributed by atoms with Gasteiger partial charge in [-0.15, -0.1) is 0 Å². The van der Waals surface area contributed by atoms with Gasteiger partial charge >= 0.3 is 0 Å². The lowest BCUT2D eigenvalue weighted by Crippen LogP contribution is -2.33. The van der Waals surface area contributed by atoms with Gasteiger partial charge in [0.05, 0.1) is 22.3 Å². The van der Waals surface area contributed by atoms with E-state index in [1.807, 2.05) is 31.2 Å². The summed E-state index contributed by atoms with van der Waals surface area (Å²) >= 11 is 12.0. The molecule has 1 aromatic carbocycles. The zero-order valence-electron chi connectivity index (χ0n) is 17.5. The second-order valence-corrected chi connectivity index (χ2v) is 8.19. The molecule has 0 spiro atoms. The molecule has 1 aliphatic heterocycles. The Bertz CT molecular complexity index is 1180. The summed E-state index contributed by atoms with van der Waals surface area (Å²) in [5.74, 6) is 0.481. The number of aliphatic imine (C=N–C) groups is 1. The molecule has 1 amide bonds. The van der Waals surface area contributed by atoms with Crippen molar-refractivity contribution in [3.05, 3.63) is 81.2 Å². The van der Waals surface area contributed by atoms with E-state index in [1.54, 1.807) is 24.4 Å². The predicted octanol–water partition coefficient (Wildman–Crippen LogP) is 3.74. The maximum Gasteiger partial charge on any atom is 0.270 e. The fourth-order valence-corrected chi connectivity index (χ4v) is 3.60. The number of halogens is 2. The molecule has 0 bridgehead atoms. The van der Waals surface area contributed by atoms with Crippen molar-refractivity contribution in [3.8, 4) is 11.3 Å². The first-order valence-corrected chi connectivity index (χ1v) is 10.9. The molecule has 7 nitrogen and oxygen atoms in total. The molecule has 0 radical (unpaired) electrons. The lowest BCUT2D eigenvalue weighted by molar-refractivity contribution is 0.0946. The highest BCUT2D eigenvalue weighted by Crippen LogP contribution is 2.23. The van der Waals surface area contributed by atoms with E-state index in [4.69, 9.17) is 23.2 Å². The maximum absolute atomic E-state index is 12.9. The summed E-state index contributed by atoms with van der Waals surface area (Å²) < 4.78 is 0. The Kier molecular flexibility index (Phi) is 6.87. The van der Waals surface area contributed by atoms with Crippen molar-refractivity contribution in [2.45, 2.75) is 20.0 Å². The van der Waals surface area contributed by atoms with E-state index in [-0.39, 0.29) is 5.91 Å². The molecule has 4 rings (SSSR count). The van der Waals surface area contributed by atoms with E-state index < -0.39 is 0 Å². The molecular formula is C23H22Cl2N6O. The first kappa shape index (κ1) is 22.0. The number of nitrogens with zero attached hydrogens (tertiary/aromatic N) is 3. The standard InChI is InChI=1S/C23H22Cl2N6O/c1-14-8-17(4-5-26-14)20-10-16(13-30-23-27-6-7-28-23)11-21(31-20)22(32)29-12-15-2-3-18(24)19(25)9-15/h2-5,8-11H,6-7,12-13H2,1H3,(H,29,32)(H2,27,28,30). The highest BCUT2D eigenvalue weighted by atomic mass is 35.5. The average Bonchev–Trinajstić information content (AvgIpc) is 3.32. The number of carbonyl (C=O) groups excluding carboxylic acids is 1. The molecule has 3 N–H and O–H groups in total.